The van der Waals surface area contributed by atoms with Crippen molar-refractivity contribution in [2.24, 2.45) is 0 Å². The highest BCUT2D eigenvalue weighted by Gasteiger charge is 2.25. The molecule has 0 atom stereocenters. The molecule has 3 aromatic rings. The molecule has 180 valence electrons. The van der Waals surface area contributed by atoms with Crippen LogP contribution in [0.25, 0.3) is 10.2 Å². The van der Waals surface area contributed by atoms with Crippen LogP contribution in [0.5, 0.6) is 0 Å². The van der Waals surface area contributed by atoms with E-state index in [0.29, 0.717) is 10.5 Å². The molecule has 1 aliphatic rings. The molecule has 4 rings (SSSR count). The number of thioether (sulfide) groups is 1. The number of carbonyl (C=O) groups is 2. The minimum Gasteiger partial charge on any atom is -0.346 e. The average molecular weight is 499 g/mol. The number of anilines is 1. The van der Waals surface area contributed by atoms with E-state index in [2.05, 4.69) is 10.6 Å². The van der Waals surface area contributed by atoms with Gasteiger partial charge in [-0.05, 0) is 50.3 Å². The van der Waals surface area contributed by atoms with Crippen LogP contribution in [0.2, 0.25) is 0 Å². The summed E-state index contributed by atoms with van der Waals surface area (Å²) in [6, 6.07) is 7.75. The molecule has 0 radical (unpaired) electrons. The molecule has 0 bridgehead atoms. The lowest BCUT2D eigenvalue weighted by molar-refractivity contribution is -0.122. The molecule has 1 aliphatic carbocycles. The molecule has 1 saturated carbocycles. The van der Waals surface area contributed by atoms with Gasteiger partial charge < -0.3 is 10.6 Å². The van der Waals surface area contributed by atoms with Crippen LogP contribution in [-0.2, 0) is 16.0 Å². The number of nitrogens with zero attached hydrogens (tertiary/aromatic N) is 2. The Hall–Kier alpha value is -2.65. The monoisotopic (exact) mass is 498 g/mol. The van der Waals surface area contributed by atoms with Crippen LogP contribution in [0.15, 0.2) is 34.2 Å². The van der Waals surface area contributed by atoms with Crippen molar-refractivity contribution in [2.45, 2.75) is 64.1 Å². The second kappa shape index (κ2) is 10.7. The third-order valence-corrected chi connectivity index (χ3v) is 8.40. The number of aryl methyl sites for hydroxylation is 3. The summed E-state index contributed by atoms with van der Waals surface area (Å²) in [5.74, 6) is -0.451. The first-order chi connectivity index (χ1) is 16.4. The quantitative estimate of drug-likeness (QED) is 0.350. The lowest BCUT2D eigenvalue weighted by Crippen LogP contribution is -2.34. The number of amides is 2. The minimum absolute atomic E-state index is 0.00405. The van der Waals surface area contributed by atoms with Crippen molar-refractivity contribution < 1.29 is 9.59 Å². The number of rotatable bonds is 8. The van der Waals surface area contributed by atoms with Crippen molar-refractivity contribution in [3.05, 3.63) is 50.6 Å². The predicted molar refractivity (Wildman–Crippen MR) is 139 cm³/mol. The highest BCUT2D eigenvalue weighted by Crippen LogP contribution is 2.34. The van der Waals surface area contributed by atoms with Crippen LogP contribution in [-0.4, -0.2) is 33.7 Å². The van der Waals surface area contributed by atoms with Crippen LogP contribution >= 0.6 is 23.1 Å². The van der Waals surface area contributed by atoms with Gasteiger partial charge in [-0.1, -0.05) is 49.7 Å². The summed E-state index contributed by atoms with van der Waals surface area (Å²) in [7, 11) is 0. The molecule has 1 aromatic carbocycles. The highest BCUT2D eigenvalue weighted by atomic mass is 32.2. The van der Waals surface area contributed by atoms with E-state index in [0.717, 1.165) is 58.6 Å². The third kappa shape index (κ3) is 5.20. The molecule has 7 nitrogen and oxygen atoms in total. The van der Waals surface area contributed by atoms with Crippen LogP contribution in [0.1, 0.15) is 54.7 Å². The number of fused-ring (bicyclic) bond motifs is 1. The molecular formula is C25H30N4O3S2. The Bertz CT molecular complexity index is 1280. The summed E-state index contributed by atoms with van der Waals surface area (Å²) in [4.78, 5) is 44.9. The Kier molecular flexibility index (Phi) is 7.73. The molecular weight excluding hydrogens is 468 g/mol. The molecule has 0 spiro atoms. The fourth-order valence-electron chi connectivity index (χ4n) is 4.38. The van der Waals surface area contributed by atoms with Gasteiger partial charge in [0.25, 0.3) is 5.56 Å². The summed E-state index contributed by atoms with van der Waals surface area (Å²) in [6.07, 6.45) is 4.90. The van der Waals surface area contributed by atoms with Crippen LogP contribution in [0.3, 0.4) is 0 Å². The Morgan fingerprint density at radius 2 is 1.91 bits per heavy atom. The number of hydrogen-bond acceptors (Lipinski definition) is 6. The van der Waals surface area contributed by atoms with E-state index < -0.39 is 0 Å². The first-order valence-corrected chi connectivity index (χ1v) is 13.5. The second-order valence-corrected chi connectivity index (χ2v) is 10.7. The van der Waals surface area contributed by atoms with Gasteiger partial charge in [0, 0.05) is 16.6 Å². The molecule has 0 aliphatic heterocycles. The van der Waals surface area contributed by atoms with Gasteiger partial charge in [0.2, 0.25) is 11.8 Å². The number of nitrogens with one attached hydrogen (secondary N) is 2. The molecule has 1 fully saturated rings. The van der Waals surface area contributed by atoms with Gasteiger partial charge in [-0.15, -0.1) is 11.3 Å². The van der Waals surface area contributed by atoms with Crippen LogP contribution in [0, 0.1) is 13.8 Å². The van der Waals surface area contributed by atoms with E-state index in [-0.39, 0.29) is 35.7 Å². The Labute approximate surface area is 207 Å². The van der Waals surface area contributed by atoms with E-state index in [1.54, 1.807) is 4.57 Å². The number of carbonyl (C=O) groups excluding carboxylic acids is 2. The first-order valence-electron chi connectivity index (χ1n) is 11.7. The van der Waals surface area contributed by atoms with Gasteiger partial charge >= 0.3 is 0 Å². The second-order valence-electron chi connectivity index (χ2n) is 8.60. The van der Waals surface area contributed by atoms with Gasteiger partial charge in [0.1, 0.15) is 4.83 Å². The normalized spacial score (nSPS) is 14.0. The minimum atomic E-state index is -0.272. The third-order valence-electron chi connectivity index (χ3n) is 6.34. The topological polar surface area (TPSA) is 93.1 Å². The van der Waals surface area contributed by atoms with E-state index in [1.807, 2.05) is 45.0 Å². The van der Waals surface area contributed by atoms with Gasteiger partial charge in [-0.2, -0.15) is 0 Å². The Morgan fingerprint density at radius 3 is 2.65 bits per heavy atom. The maximum Gasteiger partial charge on any atom is 0.263 e. The zero-order valence-corrected chi connectivity index (χ0v) is 21.4. The van der Waals surface area contributed by atoms with Crippen molar-refractivity contribution in [2.75, 3.05) is 17.6 Å². The maximum absolute atomic E-state index is 13.4. The zero-order chi connectivity index (χ0) is 24.2. The molecule has 2 aromatic heterocycles. The summed E-state index contributed by atoms with van der Waals surface area (Å²) in [6.45, 7) is 5.90. The van der Waals surface area contributed by atoms with E-state index in [9.17, 15) is 14.4 Å². The van der Waals surface area contributed by atoms with Crippen molar-refractivity contribution >= 4 is 50.8 Å². The number of hydrogen-bond donors (Lipinski definition) is 2. The SMILES string of the molecule is CCc1ccccc1NC(=O)CNC(=O)CSc1nc2sc(C)c(C)c2c(=O)n1C1CCCC1. The van der Waals surface area contributed by atoms with Crippen molar-refractivity contribution in [3.8, 4) is 0 Å². The van der Waals surface area contributed by atoms with Crippen molar-refractivity contribution in [1.82, 2.24) is 14.9 Å². The molecule has 9 heteroatoms. The largest absolute Gasteiger partial charge is 0.346 e. The molecule has 2 amide bonds. The molecule has 0 saturated heterocycles. The molecule has 0 unspecified atom stereocenters. The molecule has 2 N–H and O–H groups in total. The lowest BCUT2D eigenvalue weighted by Gasteiger charge is -2.18. The zero-order valence-electron chi connectivity index (χ0n) is 19.8. The fourth-order valence-corrected chi connectivity index (χ4v) is 6.35. The first kappa shape index (κ1) is 24.5. The average Bonchev–Trinajstić information content (AvgIpc) is 3.45. The van der Waals surface area contributed by atoms with Gasteiger partial charge in [0.05, 0.1) is 17.7 Å². The highest BCUT2D eigenvalue weighted by molar-refractivity contribution is 7.99. The van der Waals surface area contributed by atoms with E-state index in [4.69, 9.17) is 4.98 Å². The summed E-state index contributed by atoms with van der Waals surface area (Å²) in [5.41, 5.74) is 2.80. The number of benzene rings is 1. The number of para-hydroxylation sites is 1. The van der Waals surface area contributed by atoms with E-state index >= 15 is 0 Å². The standard InChI is InChI=1S/C25H30N4O3S2/c1-4-17-9-5-8-12-19(17)27-20(30)13-26-21(31)14-33-25-28-23-22(15(2)16(3)34-23)24(32)29(25)18-10-6-7-11-18/h5,8-9,12,18H,4,6-7,10-11,13-14H2,1-3H3,(H,26,31)(H,27,30). The Balaban J connectivity index is 1.43. The van der Waals surface area contributed by atoms with E-state index in [1.165, 1.54) is 23.1 Å². The number of aromatic nitrogens is 2. The maximum atomic E-state index is 13.4. The van der Waals surface area contributed by atoms with Gasteiger partial charge in [-0.25, -0.2) is 4.98 Å². The summed E-state index contributed by atoms with van der Waals surface area (Å²) < 4.78 is 1.81. The fraction of sp³-hybridized carbons (Fsp3) is 0.440. The Morgan fingerprint density at radius 1 is 1.18 bits per heavy atom. The van der Waals surface area contributed by atoms with Gasteiger partial charge in [0.15, 0.2) is 5.16 Å². The van der Waals surface area contributed by atoms with Gasteiger partial charge in [-0.3, -0.25) is 19.0 Å². The molecule has 2 heterocycles. The van der Waals surface area contributed by atoms with Crippen LogP contribution in [0.4, 0.5) is 5.69 Å². The number of thiophene rings is 1. The molecule has 34 heavy (non-hydrogen) atoms. The summed E-state index contributed by atoms with van der Waals surface area (Å²) >= 11 is 2.78. The van der Waals surface area contributed by atoms with Crippen molar-refractivity contribution in [1.29, 1.82) is 0 Å². The van der Waals surface area contributed by atoms with Crippen molar-refractivity contribution in [3.63, 3.8) is 0 Å². The predicted octanol–water partition coefficient (Wildman–Crippen LogP) is 4.60. The summed E-state index contributed by atoms with van der Waals surface area (Å²) in [5, 5.41) is 6.82. The van der Waals surface area contributed by atoms with Crippen LogP contribution < -0.4 is 16.2 Å². The smallest absolute Gasteiger partial charge is 0.263 e. The lowest BCUT2D eigenvalue weighted by atomic mass is 10.1.